The van der Waals surface area contributed by atoms with E-state index in [-0.39, 0.29) is 17.3 Å². The Morgan fingerprint density at radius 2 is 1.50 bits per heavy atom. The first-order valence-corrected chi connectivity index (χ1v) is 14.2. The zero-order valence-electron chi connectivity index (χ0n) is 23.0. The van der Waals surface area contributed by atoms with Crippen LogP contribution in [-0.4, -0.2) is 44.8 Å². The van der Waals surface area contributed by atoms with Gasteiger partial charge in [-0.2, -0.15) is 0 Å². The van der Waals surface area contributed by atoms with Crippen LogP contribution in [0.3, 0.4) is 0 Å². The van der Waals surface area contributed by atoms with Gasteiger partial charge in [-0.3, -0.25) is 13.9 Å². The molecule has 0 aromatic heterocycles. The number of nitrogens with one attached hydrogen (secondary N) is 1. The van der Waals surface area contributed by atoms with E-state index in [1.807, 2.05) is 71.0 Å². The largest absolute Gasteiger partial charge is 0.357 e. The lowest BCUT2D eigenvalue weighted by atomic mass is 10.1. The van der Waals surface area contributed by atoms with Crippen LogP contribution in [0.1, 0.15) is 41.2 Å². The number of benzene rings is 3. The van der Waals surface area contributed by atoms with Crippen molar-refractivity contribution < 1.29 is 18.0 Å². The van der Waals surface area contributed by atoms with Gasteiger partial charge in [0.15, 0.2) is 0 Å². The first-order valence-electron chi connectivity index (χ1n) is 12.7. The fourth-order valence-electron chi connectivity index (χ4n) is 4.40. The van der Waals surface area contributed by atoms with Crippen LogP contribution >= 0.6 is 0 Å². The summed E-state index contributed by atoms with van der Waals surface area (Å²) in [6, 6.07) is 19.0. The molecule has 38 heavy (non-hydrogen) atoms. The summed E-state index contributed by atoms with van der Waals surface area (Å²) >= 11 is 0. The van der Waals surface area contributed by atoms with Gasteiger partial charge in [0, 0.05) is 13.6 Å². The van der Waals surface area contributed by atoms with Gasteiger partial charge in [0.1, 0.15) is 12.6 Å². The molecule has 7 nitrogen and oxygen atoms in total. The number of sulfonamides is 1. The van der Waals surface area contributed by atoms with Crippen LogP contribution in [0.15, 0.2) is 71.6 Å². The molecule has 3 aromatic rings. The maximum absolute atomic E-state index is 14.0. The van der Waals surface area contributed by atoms with Crippen molar-refractivity contribution in [2.24, 2.45) is 0 Å². The van der Waals surface area contributed by atoms with E-state index in [0.29, 0.717) is 12.1 Å². The number of aryl methyl sites for hydroxylation is 4. The molecule has 1 N–H and O–H groups in total. The van der Waals surface area contributed by atoms with Crippen molar-refractivity contribution in [1.29, 1.82) is 0 Å². The molecule has 8 heteroatoms. The lowest BCUT2D eigenvalue weighted by Gasteiger charge is -2.33. The number of carbonyl (C=O) groups excluding carboxylic acids is 2. The SMILES string of the molecule is CCC(C(=O)NC)N(Cc1ccccc1C)C(=O)CN(c1cc(C)ccc1C)S(=O)(=O)c1ccc(C)cc1. The first kappa shape index (κ1) is 28.9. The molecule has 0 spiro atoms. The van der Waals surface area contributed by atoms with E-state index in [2.05, 4.69) is 5.32 Å². The van der Waals surface area contributed by atoms with E-state index in [9.17, 15) is 18.0 Å². The molecule has 0 radical (unpaired) electrons. The quantitative estimate of drug-likeness (QED) is 0.409. The predicted molar refractivity (Wildman–Crippen MR) is 152 cm³/mol. The summed E-state index contributed by atoms with van der Waals surface area (Å²) in [6.45, 7) is 9.11. The Kier molecular flexibility index (Phi) is 9.33. The maximum atomic E-state index is 14.0. The van der Waals surface area contributed by atoms with Crippen molar-refractivity contribution in [3.05, 3.63) is 94.5 Å². The molecular weight excluding hydrogens is 498 g/mol. The molecule has 0 fully saturated rings. The Morgan fingerprint density at radius 3 is 2.11 bits per heavy atom. The number of likely N-dealkylation sites (N-methyl/N-ethyl adjacent to an activating group) is 1. The second kappa shape index (κ2) is 12.3. The average molecular weight is 536 g/mol. The monoisotopic (exact) mass is 535 g/mol. The Bertz CT molecular complexity index is 1400. The molecule has 0 aliphatic rings. The topological polar surface area (TPSA) is 86.8 Å². The minimum atomic E-state index is -4.09. The molecule has 2 amide bonds. The van der Waals surface area contributed by atoms with Crippen molar-refractivity contribution in [2.45, 2.75) is 58.5 Å². The zero-order valence-corrected chi connectivity index (χ0v) is 23.8. The van der Waals surface area contributed by atoms with Crippen LogP contribution in [0.4, 0.5) is 5.69 Å². The standard InChI is InChI=1S/C30H37N3O4S/c1-7-27(30(35)31-6)32(19-25-11-9-8-10-23(25)4)29(34)20-33(28-18-22(3)12-15-24(28)5)38(36,37)26-16-13-21(2)14-17-26/h8-18,27H,7,19-20H2,1-6H3,(H,31,35). The molecule has 0 aliphatic heterocycles. The van der Waals surface area contributed by atoms with Crippen LogP contribution < -0.4 is 9.62 Å². The van der Waals surface area contributed by atoms with Gasteiger partial charge in [-0.15, -0.1) is 0 Å². The Balaban J connectivity index is 2.12. The molecule has 0 saturated heterocycles. The van der Waals surface area contributed by atoms with E-state index in [1.165, 1.54) is 16.3 Å². The molecule has 0 saturated carbocycles. The number of carbonyl (C=O) groups is 2. The molecular formula is C30H37N3O4S. The Morgan fingerprint density at radius 1 is 0.868 bits per heavy atom. The minimum Gasteiger partial charge on any atom is -0.357 e. The maximum Gasteiger partial charge on any atom is 0.264 e. The number of hydrogen-bond acceptors (Lipinski definition) is 4. The fourth-order valence-corrected chi connectivity index (χ4v) is 5.87. The van der Waals surface area contributed by atoms with Crippen LogP contribution in [0.5, 0.6) is 0 Å². The van der Waals surface area contributed by atoms with Gasteiger partial charge >= 0.3 is 0 Å². The van der Waals surface area contributed by atoms with Crippen molar-refractivity contribution in [2.75, 3.05) is 17.9 Å². The molecule has 202 valence electrons. The van der Waals surface area contributed by atoms with Crippen LogP contribution in [0.2, 0.25) is 0 Å². The number of rotatable bonds is 10. The highest BCUT2D eigenvalue weighted by Gasteiger charge is 2.34. The van der Waals surface area contributed by atoms with Crippen molar-refractivity contribution in [3.63, 3.8) is 0 Å². The summed E-state index contributed by atoms with van der Waals surface area (Å²) in [5, 5.41) is 2.65. The predicted octanol–water partition coefficient (Wildman–Crippen LogP) is 4.67. The van der Waals surface area contributed by atoms with Gasteiger partial charge in [0.2, 0.25) is 11.8 Å². The van der Waals surface area contributed by atoms with Gasteiger partial charge in [-0.1, -0.05) is 61.0 Å². The van der Waals surface area contributed by atoms with Crippen LogP contribution in [0.25, 0.3) is 0 Å². The summed E-state index contributed by atoms with van der Waals surface area (Å²) < 4.78 is 29.1. The summed E-state index contributed by atoms with van der Waals surface area (Å²) in [4.78, 5) is 28.5. The Labute approximate surface area is 226 Å². The van der Waals surface area contributed by atoms with E-state index >= 15 is 0 Å². The van der Waals surface area contributed by atoms with Gasteiger partial charge in [0.05, 0.1) is 10.6 Å². The molecule has 3 rings (SSSR count). The normalized spacial score (nSPS) is 12.1. The third-order valence-corrected chi connectivity index (χ3v) is 8.53. The first-order chi connectivity index (χ1) is 18.0. The van der Waals surface area contributed by atoms with E-state index in [4.69, 9.17) is 0 Å². The molecule has 0 aliphatic carbocycles. The zero-order chi connectivity index (χ0) is 28.0. The summed E-state index contributed by atoms with van der Waals surface area (Å²) in [5.74, 6) is -0.755. The fraction of sp³-hybridized carbons (Fsp3) is 0.333. The van der Waals surface area contributed by atoms with Crippen LogP contribution in [0, 0.1) is 27.7 Å². The van der Waals surface area contributed by atoms with Gasteiger partial charge in [0.25, 0.3) is 10.0 Å². The van der Waals surface area contributed by atoms with Crippen molar-refractivity contribution in [3.8, 4) is 0 Å². The van der Waals surface area contributed by atoms with Crippen molar-refractivity contribution >= 4 is 27.5 Å². The lowest BCUT2D eigenvalue weighted by Crippen LogP contribution is -2.52. The second-order valence-electron chi connectivity index (χ2n) is 9.60. The number of anilines is 1. The minimum absolute atomic E-state index is 0.0978. The third kappa shape index (κ3) is 6.42. The van der Waals surface area contributed by atoms with Gasteiger partial charge < -0.3 is 10.2 Å². The Hall–Kier alpha value is -3.65. The number of amides is 2. The molecule has 3 aromatic carbocycles. The number of hydrogen-bond donors (Lipinski definition) is 1. The smallest absolute Gasteiger partial charge is 0.264 e. The highest BCUT2D eigenvalue weighted by Crippen LogP contribution is 2.29. The lowest BCUT2D eigenvalue weighted by molar-refractivity contribution is -0.140. The average Bonchev–Trinajstić information content (AvgIpc) is 2.89. The third-order valence-electron chi connectivity index (χ3n) is 6.76. The van der Waals surface area contributed by atoms with E-state index in [0.717, 1.165) is 27.8 Å². The van der Waals surface area contributed by atoms with E-state index in [1.54, 1.807) is 30.3 Å². The highest BCUT2D eigenvalue weighted by atomic mass is 32.2. The molecule has 0 heterocycles. The van der Waals surface area contributed by atoms with Gasteiger partial charge in [-0.05, 0) is 74.6 Å². The van der Waals surface area contributed by atoms with Crippen LogP contribution in [-0.2, 0) is 26.2 Å². The summed E-state index contributed by atoms with van der Waals surface area (Å²) in [5.41, 5.74) is 4.83. The highest BCUT2D eigenvalue weighted by molar-refractivity contribution is 7.92. The van der Waals surface area contributed by atoms with E-state index < -0.39 is 28.5 Å². The molecule has 1 atom stereocenters. The van der Waals surface area contributed by atoms with Gasteiger partial charge in [-0.25, -0.2) is 8.42 Å². The summed E-state index contributed by atoms with van der Waals surface area (Å²) in [7, 11) is -2.56. The van der Waals surface area contributed by atoms with Crippen molar-refractivity contribution in [1.82, 2.24) is 10.2 Å². The second-order valence-corrected chi connectivity index (χ2v) is 11.5. The number of nitrogens with zero attached hydrogens (tertiary/aromatic N) is 2. The molecule has 0 bridgehead atoms. The molecule has 1 unspecified atom stereocenters. The summed E-state index contributed by atoms with van der Waals surface area (Å²) in [6.07, 6.45) is 0.380.